The van der Waals surface area contributed by atoms with Crippen molar-refractivity contribution in [1.29, 1.82) is 0 Å². The van der Waals surface area contributed by atoms with E-state index in [1.807, 2.05) is 48.2 Å². The topological polar surface area (TPSA) is 38.8 Å². The first-order chi connectivity index (χ1) is 13.0. The largest absolute Gasteiger partial charge is 0.378 e. The highest BCUT2D eigenvalue weighted by atomic mass is 16.2. The third-order valence-corrected chi connectivity index (χ3v) is 5.10. The van der Waals surface area contributed by atoms with Gasteiger partial charge in [-0.3, -0.25) is 0 Å². The Balaban J connectivity index is 1.58. The molecule has 0 unspecified atom stereocenters. The average molecular weight is 367 g/mol. The van der Waals surface area contributed by atoms with Crippen LogP contribution in [0.1, 0.15) is 25.3 Å². The summed E-state index contributed by atoms with van der Waals surface area (Å²) in [5.74, 6) is 0.493. The van der Waals surface area contributed by atoms with Gasteiger partial charge in [0.2, 0.25) is 0 Å². The third kappa shape index (κ3) is 4.54. The molecule has 5 nitrogen and oxygen atoms in total. The van der Waals surface area contributed by atoms with E-state index in [1.165, 1.54) is 11.3 Å². The molecule has 0 spiro atoms. The summed E-state index contributed by atoms with van der Waals surface area (Å²) in [5.41, 5.74) is 4.62. The van der Waals surface area contributed by atoms with Gasteiger partial charge in [-0.25, -0.2) is 4.79 Å². The second-order valence-electron chi connectivity index (χ2n) is 7.56. The normalized spacial score (nSPS) is 14.4. The van der Waals surface area contributed by atoms with Crippen LogP contribution >= 0.6 is 0 Å². The lowest BCUT2D eigenvalue weighted by Gasteiger charge is -2.37. The van der Waals surface area contributed by atoms with E-state index >= 15 is 0 Å². The highest BCUT2D eigenvalue weighted by Crippen LogP contribution is 2.28. The minimum absolute atomic E-state index is 0.0237. The van der Waals surface area contributed by atoms with Crippen molar-refractivity contribution < 1.29 is 4.79 Å². The maximum absolute atomic E-state index is 12.6. The molecular weight excluding hydrogens is 336 g/mol. The second kappa shape index (κ2) is 8.33. The van der Waals surface area contributed by atoms with Gasteiger partial charge in [0.15, 0.2) is 0 Å². The summed E-state index contributed by atoms with van der Waals surface area (Å²) in [6, 6.07) is 16.5. The molecule has 1 N–H and O–H groups in total. The Bertz CT molecular complexity index is 762. The van der Waals surface area contributed by atoms with Crippen molar-refractivity contribution in [2.45, 2.75) is 19.8 Å². The number of piperazine rings is 1. The minimum atomic E-state index is -0.0237. The van der Waals surface area contributed by atoms with Crippen molar-refractivity contribution >= 4 is 23.1 Å². The SMILES string of the molecule is CC(C)c1ccccc1N1CCN(C(=O)Nc2ccc(N(C)C)cc2)CC1. The fourth-order valence-corrected chi connectivity index (χ4v) is 3.46. The van der Waals surface area contributed by atoms with Gasteiger partial charge in [0.25, 0.3) is 0 Å². The molecule has 2 aromatic rings. The molecule has 0 atom stereocenters. The number of hydrogen-bond acceptors (Lipinski definition) is 3. The van der Waals surface area contributed by atoms with Gasteiger partial charge in [-0.1, -0.05) is 32.0 Å². The summed E-state index contributed by atoms with van der Waals surface area (Å²) in [7, 11) is 4.01. The van der Waals surface area contributed by atoms with Gasteiger partial charge in [0, 0.05) is 57.3 Å². The Labute approximate surface area is 162 Å². The fraction of sp³-hybridized carbons (Fsp3) is 0.409. The van der Waals surface area contributed by atoms with E-state index in [0.29, 0.717) is 5.92 Å². The van der Waals surface area contributed by atoms with Crippen LogP contribution in [0.15, 0.2) is 48.5 Å². The summed E-state index contributed by atoms with van der Waals surface area (Å²) in [4.78, 5) is 18.9. The smallest absolute Gasteiger partial charge is 0.321 e. The number of amides is 2. The van der Waals surface area contributed by atoms with Crippen molar-refractivity contribution in [1.82, 2.24) is 4.90 Å². The molecule has 5 heteroatoms. The Kier molecular flexibility index (Phi) is 5.89. The van der Waals surface area contributed by atoms with E-state index in [-0.39, 0.29) is 6.03 Å². The van der Waals surface area contributed by atoms with Crippen LogP contribution in [0.3, 0.4) is 0 Å². The third-order valence-electron chi connectivity index (χ3n) is 5.10. The highest BCUT2D eigenvalue weighted by Gasteiger charge is 2.23. The molecule has 0 bridgehead atoms. The summed E-state index contributed by atoms with van der Waals surface area (Å²) in [5, 5.41) is 3.01. The number of benzene rings is 2. The number of carbonyl (C=O) groups excluding carboxylic acids is 1. The first kappa shape index (κ1) is 19.1. The van der Waals surface area contributed by atoms with E-state index in [0.717, 1.165) is 37.6 Å². The van der Waals surface area contributed by atoms with Crippen LogP contribution in [0.25, 0.3) is 0 Å². The zero-order valence-corrected chi connectivity index (χ0v) is 16.8. The zero-order valence-electron chi connectivity index (χ0n) is 16.8. The number of urea groups is 1. The summed E-state index contributed by atoms with van der Waals surface area (Å²) in [6.07, 6.45) is 0. The minimum Gasteiger partial charge on any atom is -0.378 e. The van der Waals surface area contributed by atoms with Gasteiger partial charge in [-0.2, -0.15) is 0 Å². The molecule has 1 aliphatic heterocycles. The molecule has 0 radical (unpaired) electrons. The number of rotatable bonds is 4. The molecule has 0 aromatic heterocycles. The first-order valence-corrected chi connectivity index (χ1v) is 9.63. The lowest BCUT2D eigenvalue weighted by Crippen LogP contribution is -2.50. The van der Waals surface area contributed by atoms with Crippen molar-refractivity contribution in [3.05, 3.63) is 54.1 Å². The van der Waals surface area contributed by atoms with Crippen LogP contribution in [-0.2, 0) is 0 Å². The molecule has 1 saturated heterocycles. The highest BCUT2D eigenvalue weighted by molar-refractivity contribution is 5.89. The number of carbonyl (C=O) groups is 1. The van der Waals surface area contributed by atoms with Gasteiger partial charge in [0.1, 0.15) is 0 Å². The fourth-order valence-electron chi connectivity index (χ4n) is 3.46. The molecule has 1 heterocycles. The Morgan fingerprint density at radius 1 is 0.963 bits per heavy atom. The lowest BCUT2D eigenvalue weighted by molar-refractivity contribution is 0.208. The van der Waals surface area contributed by atoms with Crippen molar-refractivity contribution in [3.63, 3.8) is 0 Å². The standard InChI is InChI=1S/C22H30N4O/c1-17(2)20-7-5-6-8-21(20)25-13-15-26(16-14-25)22(27)23-18-9-11-19(12-10-18)24(3)4/h5-12,17H,13-16H2,1-4H3,(H,23,27). The molecule has 3 rings (SSSR count). The molecular formula is C22H30N4O. The van der Waals surface area contributed by atoms with Crippen LogP contribution < -0.4 is 15.1 Å². The number of nitrogens with one attached hydrogen (secondary N) is 1. The molecule has 0 aliphatic carbocycles. The van der Waals surface area contributed by atoms with Crippen LogP contribution in [0.2, 0.25) is 0 Å². The number of anilines is 3. The number of hydrogen-bond donors (Lipinski definition) is 1. The van der Waals surface area contributed by atoms with Gasteiger partial charge >= 0.3 is 6.03 Å². The molecule has 2 amide bonds. The molecule has 1 aliphatic rings. The van der Waals surface area contributed by atoms with Crippen LogP contribution in [0, 0.1) is 0 Å². The molecule has 0 saturated carbocycles. The van der Waals surface area contributed by atoms with Crippen LogP contribution in [0.4, 0.5) is 21.9 Å². The van der Waals surface area contributed by atoms with E-state index in [4.69, 9.17) is 0 Å². The summed E-state index contributed by atoms with van der Waals surface area (Å²) < 4.78 is 0. The van der Waals surface area contributed by atoms with Crippen molar-refractivity contribution in [3.8, 4) is 0 Å². The molecule has 27 heavy (non-hydrogen) atoms. The van der Waals surface area contributed by atoms with Crippen molar-refractivity contribution in [2.24, 2.45) is 0 Å². The Morgan fingerprint density at radius 2 is 1.59 bits per heavy atom. The summed E-state index contributed by atoms with van der Waals surface area (Å²) in [6.45, 7) is 7.63. The number of nitrogens with zero attached hydrogens (tertiary/aromatic N) is 3. The Hall–Kier alpha value is -2.69. The zero-order chi connectivity index (χ0) is 19.4. The van der Waals surface area contributed by atoms with E-state index in [1.54, 1.807) is 0 Å². The van der Waals surface area contributed by atoms with Gasteiger partial charge < -0.3 is 20.0 Å². The maximum Gasteiger partial charge on any atom is 0.321 e. The quantitative estimate of drug-likeness (QED) is 0.880. The first-order valence-electron chi connectivity index (χ1n) is 9.63. The number of para-hydroxylation sites is 1. The predicted octanol–water partition coefficient (Wildman–Crippen LogP) is 4.23. The van der Waals surface area contributed by atoms with Gasteiger partial charge in [0.05, 0.1) is 0 Å². The Morgan fingerprint density at radius 3 is 2.19 bits per heavy atom. The predicted molar refractivity (Wildman–Crippen MR) is 114 cm³/mol. The van der Waals surface area contributed by atoms with E-state index in [9.17, 15) is 4.79 Å². The van der Waals surface area contributed by atoms with Gasteiger partial charge in [-0.05, 0) is 41.8 Å². The molecule has 144 valence electrons. The maximum atomic E-state index is 12.6. The van der Waals surface area contributed by atoms with E-state index < -0.39 is 0 Å². The molecule has 2 aromatic carbocycles. The molecule has 1 fully saturated rings. The lowest BCUT2D eigenvalue weighted by atomic mass is 10.00. The summed E-state index contributed by atoms with van der Waals surface area (Å²) >= 11 is 0. The van der Waals surface area contributed by atoms with Crippen molar-refractivity contribution in [2.75, 3.05) is 55.4 Å². The second-order valence-corrected chi connectivity index (χ2v) is 7.56. The monoisotopic (exact) mass is 366 g/mol. The van der Waals surface area contributed by atoms with Crippen LogP contribution in [0.5, 0.6) is 0 Å². The van der Waals surface area contributed by atoms with Gasteiger partial charge in [-0.15, -0.1) is 0 Å². The average Bonchev–Trinajstić information content (AvgIpc) is 2.68. The van der Waals surface area contributed by atoms with E-state index in [2.05, 4.69) is 48.3 Å². The van der Waals surface area contributed by atoms with Crippen LogP contribution in [-0.4, -0.2) is 51.2 Å².